The van der Waals surface area contributed by atoms with Gasteiger partial charge in [0.15, 0.2) is 0 Å². The molecule has 0 saturated carbocycles. The molecule has 2 fully saturated rings. The van der Waals surface area contributed by atoms with Gasteiger partial charge in [0.1, 0.15) is 5.82 Å². The number of hydrogen-bond acceptors (Lipinski definition) is 4. The molecule has 122 valence electrons. The van der Waals surface area contributed by atoms with Crippen LogP contribution in [0.5, 0.6) is 0 Å². The minimum absolute atomic E-state index is 0.101. The molecule has 7 heteroatoms. The van der Waals surface area contributed by atoms with E-state index in [0.717, 1.165) is 44.8 Å². The molecule has 0 radical (unpaired) electrons. The van der Waals surface area contributed by atoms with E-state index >= 15 is 0 Å². The fourth-order valence-corrected chi connectivity index (χ4v) is 3.12. The van der Waals surface area contributed by atoms with Gasteiger partial charge in [0, 0.05) is 32.2 Å². The van der Waals surface area contributed by atoms with E-state index in [1.54, 1.807) is 6.20 Å². The number of amides is 2. The molecule has 2 aliphatic rings. The third-order valence-electron chi connectivity index (χ3n) is 4.36. The maximum atomic E-state index is 12.4. The van der Waals surface area contributed by atoms with Crippen LogP contribution in [0.4, 0.5) is 4.79 Å². The van der Waals surface area contributed by atoms with Crippen molar-refractivity contribution in [3.05, 3.63) is 18.2 Å². The maximum absolute atomic E-state index is 12.4. The Bertz CT molecular complexity index is 493. The third-order valence-corrected chi connectivity index (χ3v) is 4.36. The molecule has 0 aromatic carbocycles. The summed E-state index contributed by atoms with van der Waals surface area (Å²) in [5.74, 6) is 1.26. The van der Waals surface area contributed by atoms with Crippen molar-refractivity contribution in [2.24, 2.45) is 5.92 Å². The van der Waals surface area contributed by atoms with Gasteiger partial charge in [-0.1, -0.05) is 0 Å². The fourth-order valence-electron chi connectivity index (χ4n) is 3.12. The van der Waals surface area contributed by atoms with Crippen molar-refractivity contribution >= 4 is 6.03 Å². The Kier molecular flexibility index (Phi) is 4.94. The molecule has 0 spiro atoms. The second-order valence-electron chi connectivity index (χ2n) is 5.74. The number of imidazole rings is 1. The zero-order chi connectivity index (χ0) is 15.4. The molecule has 0 bridgehead atoms. The van der Waals surface area contributed by atoms with Crippen molar-refractivity contribution in [3.63, 3.8) is 0 Å². The molecule has 3 rings (SSSR count). The lowest BCUT2D eigenvalue weighted by Crippen LogP contribution is -2.43. The number of ether oxygens (including phenoxy) is 1. The quantitative estimate of drug-likeness (QED) is 0.919. The largest absolute Gasteiger partial charge is 0.381 e. The van der Waals surface area contributed by atoms with Gasteiger partial charge in [-0.15, -0.1) is 0 Å². The van der Waals surface area contributed by atoms with E-state index in [0.29, 0.717) is 19.1 Å². The Morgan fingerprint density at radius 3 is 2.95 bits per heavy atom. The number of aromatic nitrogens is 2. The van der Waals surface area contributed by atoms with Crippen LogP contribution in [0.15, 0.2) is 12.4 Å². The average Bonchev–Trinajstić information content (AvgIpc) is 3.24. The first-order chi connectivity index (χ1) is 10.8. The Balaban J connectivity index is 1.77. The topological polar surface area (TPSA) is 68.6 Å². The van der Waals surface area contributed by atoms with Crippen molar-refractivity contribution in [3.8, 4) is 0 Å². The van der Waals surface area contributed by atoms with Crippen LogP contribution in [-0.4, -0.2) is 47.0 Å². The molecule has 1 unspecified atom stereocenters. The minimum atomic E-state index is -0.167. The molecular formula is C15H24N4O3. The van der Waals surface area contributed by atoms with Gasteiger partial charge in [-0.05, 0) is 32.1 Å². The number of carbonyl (C=O) groups excluding carboxylic acids is 1. The second kappa shape index (κ2) is 7.11. The van der Waals surface area contributed by atoms with Crippen molar-refractivity contribution in [2.45, 2.75) is 38.8 Å². The summed E-state index contributed by atoms with van der Waals surface area (Å²) < 4.78 is 7.54. The highest BCUT2D eigenvalue weighted by Gasteiger charge is 2.32. The highest BCUT2D eigenvalue weighted by Crippen LogP contribution is 2.29. The van der Waals surface area contributed by atoms with Crippen LogP contribution in [0.2, 0.25) is 0 Å². The Hall–Kier alpha value is -1.60. The smallest absolute Gasteiger partial charge is 0.341 e. The van der Waals surface area contributed by atoms with Crippen LogP contribution < -0.4 is 5.32 Å². The number of nitrogens with zero attached hydrogens (tertiary/aromatic N) is 3. The van der Waals surface area contributed by atoms with Gasteiger partial charge in [-0.25, -0.2) is 14.8 Å². The molecule has 2 amide bonds. The molecule has 22 heavy (non-hydrogen) atoms. The SMILES string of the molecule is CCn1ccnc1C(NC(=O)N1CCCO1)C1CCOCC1. The van der Waals surface area contributed by atoms with Crippen molar-refractivity contribution < 1.29 is 14.4 Å². The normalized spacial score (nSPS) is 21.0. The lowest BCUT2D eigenvalue weighted by molar-refractivity contribution is -0.0682. The monoisotopic (exact) mass is 308 g/mol. The third kappa shape index (κ3) is 3.25. The number of hydrogen-bond donors (Lipinski definition) is 1. The first-order valence-corrected chi connectivity index (χ1v) is 8.09. The van der Waals surface area contributed by atoms with Crippen LogP contribution in [0.1, 0.15) is 38.1 Å². The van der Waals surface area contributed by atoms with E-state index in [1.165, 1.54) is 5.06 Å². The Morgan fingerprint density at radius 2 is 2.27 bits per heavy atom. The summed E-state index contributed by atoms with van der Waals surface area (Å²) >= 11 is 0. The number of rotatable bonds is 4. The summed E-state index contributed by atoms with van der Waals surface area (Å²) in [7, 11) is 0. The Morgan fingerprint density at radius 1 is 1.45 bits per heavy atom. The van der Waals surface area contributed by atoms with E-state index in [9.17, 15) is 4.79 Å². The zero-order valence-electron chi connectivity index (χ0n) is 13.0. The van der Waals surface area contributed by atoms with Crippen LogP contribution in [-0.2, 0) is 16.1 Å². The highest BCUT2D eigenvalue weighted by atomic mass is 16.7. The number of nitrogens with one attached hydrogen (secondary N) is 1. The van der Waals surface area contributed by atoms with Gasteiger partial charge in [-0.2, -0.15) is 0 Å². The second-order valence-corrected chi connectivity index (χ2v) is 5.74. The number of aryl methyl sites for hydroxylation is 1. The number of hydroxylamine groups is 2. The first kappa shape index (κ1) is 15.3. The van der Waals surface area contributed by atoms with E-state index in [1.807, 2.05) is 6.20 Å². The van der Waals surface area contributed by atoms with Crippen molar-refractivity contribution in [2.75, 3.05) is 26.4 Å². The molecular weight excluding hydrogens is 284 g/mol. The van der Waals surface area contributed by atoms with E-state index in [4.69, 9.17) is 9.57 Å². The first-order valence-electron chi connectivity index (χ1n) is 8.09. The molecule has 1 N–H and O–H groups in total. The molecule has 2 saturated heterocycles. The van der Waals surface area contributed by atoms with E-state index in [2.05, 4.69) is 21.8 Å². The summed E-state index contributed by atoms with van der Waals surface area (Å²) in [6, 6.07) is -0.268. The van der Waals surface area contributed by atoms with E-state index in [-0.39, 0.29) is 12.1 Å². The molecule has 7 nitrogen and oxygen atoms in total. The van der Waals surface area contributed by atoms with Crippen LogP contribution in [0.25, 0.3) is 0 Å². The van der Waals surface area contributed by atoms with Crippen LogP contribution in [0.3, 0.4) is 0 Å². The minimum Gasteiger partial charge on any atom is -0.381 e. The fraction of sp³-hybridized carbons (Fsp3) is 0.733. The highest BCUT2D eigenvalue weighted by molar-refractivity contribution is 5.73. The molecule has 3 heterocycles. The lowest BCUT2D eigenvalue weighted by Gasteiger charge is -2.31. The van der Waals surface area contributed by atoms with Gasteiger partial charge in [-0.3, -0.25) is 4.84 Å². The van der Waals surface area contributed by atoms with Gasteiger partial charge >= 0.3 is 6.03 Å². The van der Waals surface area contributed by atoms with Gasteiger partial charge < -0.3 is 14.6 Å². The maximum Gasteiger partial charge on any atom is 0.341 e. The van der Waals surface area contributed by atoms with Crippen LogP contribution in [0, 0.1) is 5.92 Å². The van der Waals surface area contributed by atoms with Gasteiger partial charge in [0.25, 0.3) is 0 Å². The van der Waals surface area contributed by atoms with E-state index < -0.39 is 0 Å². The van der Waals surface area contributed by atoms with Crippen molar-refractivity contribution in [1.29, 1.82) is 0 Å². The summed E-state index contributed by atoms with van der Waals surface area (Å²) in [6.07, 6.45) is 6.51. The van der Waals surface area contributed by atoms with Crippen LogP contribution >= 0.6 is 0 Å². The zero-order valence-corrected chi connectivity index (χ0v) is 13.0. The molecule has 0 aliphatic carbocycles. The standard InChI is InChI=1S/C15H24N4O3/c1-2-18-8-6-16-14(18)13(12-4-10-21-11-5-12)17-15(20)19-7-3-9-22-19/h6,8,12-13H,2-5,7,9-11H2,1H3,(H,17,20). The lowest BCUT2D eigenvalue weighted by atomic mass is 9.91. The van der Waals surface area contributed by atoms with Gasteiger partial charge in [0.05, 0.1) is 19.2 Å². The summed E-state index contributed by atoms with van der Waals surface area (Å²) in [4.78, 5) is 22.3. The summed E-state index contributed by atoms with van der Waals surface area (Å²) in [5.41, 5.74) is 0. The van der Waals surface area contributed by atoms with Crippen molar-refractivity contribution in [1.82, 2.24) is 19.9 Å². The predicted octanol–water partition coefficient (Wildman–Crippen LogP) is 1.72. The van der Waals surface area contributed by atoms with Gasteiger partial charge in [0.2, 0.25) is 0 Å². The number of urea groups is 1. The molecule has 1 atom stereocenters. The average molecular weight is 308 g/mol. The Labute approximate surface area is 130 Å². The predicted molar refractivity (Wildman–Crippen MR) is 80.0 cm³/mol. The summed E-state index contributed by atoms with van der Waals surface area (Å²) in [6.45, 7) is 5.66. The molecule has 1 aromatic heterocycles. The number of carbonyl (C=O) groups is 1. The summed E-state index contributed by atoms with van der Waals surface area (Å²) in [5, 5.41) is 4.55. The molecule has 1 aromatic rings. The molecule has 2 aliphatic heterocycles.